The van der Waals surface area contributed by atoms with Crippen molar-refractivity contribution in [3.63, 3.8) is 0 Å². The van der Waals surface area contributed by atoms with Crippen molar-refractivity contribution >= 4 is 28.3 Å². The van der Waals surface area contributed by atoms with Gasteiger partial charge in [-0.15, -0.1) is 0 Å². The third-order valence-electron chi connectivity index (χ3n) is 4.85. The van der Waals surface area contributed by atoms with Crippen LogP contribution in [0.5, 0.6) is 0 Å². The van der Waals surface area contributed by atoms with Gasteiger partial charge in [0.15, 0.2) is 0 Å². The first kappa shape index (κ1) is 17.4. The Morgan fingerprint density at radius 1 is 1.22 bits per heavy atom. The summed E-state index contributed by atoms with van der Waals surface area (Å²) >= 11 is 0. The van der Waals surface area contributed by atoms with Gasteiger partial charge in [-0.25, -0.2) is 0 Å². The van der Waals surface area contributed by atoms with Gasteiger partial charge in [-0.2, -0.15) is 0 Å². The SMILES string of the molecule is C=C(N)c1c(NC(C)=O)[nH]c2cc(-c3cccc(CNC4CC4)c3)ccc12. The zero-order chi connectivity index (χ0) is 19.0. The average Bonchev–Trinajstić information content (AvgIpc) is 3.39. The maximum Gasteiger partial charge on any atom is 0.222 e. The fourth-order valence-corrected chi connectivity index (χ4v) is 3.39. The lowest BCUT2D eigenvalue weighted by Gasteiger charge is -2.07. The molecule has 0 unspecified atom stereocenters. The quantitative estimate of drug-likeness (QED) is 0.537. The van der Waals surface area contributed by atoms with Gasteiger partial charge in [0.2, 0.25) is 5.91 Å². The average molecular weight is 360 g/mol. The number of aromatic amines is 1. The topological polar surface area (TPSA) is 82.9 Å². The van der Waals surface area contributed by atoms with Crippen molar-refractivity contribution in [1.82, 2.24) is 10.3 Å². The molecule has 1 heterocycles. The Balaban J connectivity index is 1.69. The summed E-state index contributed by atoms with van der Waals surface area (Å²) in [5.41, 5.74) is 11.6. The van der Waals surface area contributed by atoms with Gasteiger partial charge in [-0.05, 0) is 41.7 Å². The number of aromatic nitrogens is 1. The first-order valence-electron chi connectivity index (χ1n) is 9.22. The number of fused-ring (bicyclic) bond motifs is 1. The normalized spacial score (nSPS) is 13.7. The van der Waals surface area contributed by atoms with E-state index in [1.54, 1.807) is 0 Å². The van der Waals surface area contributed by atoms with Crippen molar-refractivity contribution in [2.75, 3.05) is 5.32 Å². The third kappa shape index (κ3) is 3.73. The zero-order valence-corrected chi connectivity index (χ0v) is 15.4. The van der Waals surface area contributed by atoms with Crippen LogP contribution in [0.15, 0.2) is 49.0 Å². The number of rotatable bonds is 6. The summed E-state index contributed by atoms with van der Waals surface area (Å²) in [6.45, 7) is 6.22. The highest BCUT2D eigenvalue weighted by Crippen LogP contribution is 2.33. The second-order valence-corrected chi connectivity index (χ2v) is 7.20. The first-order chi connectivity index (χ1) is 13.0. The molecule has 3 aromatic rings. The highest BCUT2D eigenvalue weighted by atomic mass is 16.1. The molecule has 1 fully saturated rings. The molecule has 0 bridgehead atoms. The van der Waals surface area contributed by atoms with Crippen LogP contribution in [0.4, 0.5) is 5.82 Å². The van der Waals surface area contributed by atoms with E-state index < -0.39 is 0 Å². The molecular weight excluding hydrogens is 336 g/mol. The number of benzene rings is 2. The van der Waals surface area contributed by atoms with Crippen LogP contribution in [0.25, 0.3) is 27.7 Å². The molecule has 138 valence electrons. The molecule has 5 heteroatoms. The van der Waals surface area contributed by atoms with E-state index in [0.29, 0.717) is 17.6 Å². The summed E-state index contributed by atoms with van der Waals surface area (Å²) in [7, 11) is 0. The second kappa shape index (κ2) is 6.93. The van der Waals surface area contributed by atoms with Crippen molar-refractivity contribution in [1.29, 1.82) is 0 Å². The molecule has 4 rings (SSSR count). The Labute approximate surface area is 158 Å². The molecular formula is C22H24N4O. The number of hydrogen-bond donors (Lipinski definition) is 4. The summed E-state index contributed by atoms with van der Waals surface area (Å²) in [4.78, 5) is 14.8. The fourth-order valence-electron chi connectivity index (χ4n) is 3.39. The van der Waals surface area contributed by atoms with Crippen LogP contribution in [-0.4, -0.2) is 16.9 Å². The predicted molar refractivity (Wildman–Crippen MR) is 111 cm³/mol. The van der Waals surface area contributed by atoms with Crippen LogP contribution in [0.2, 0.25) is 0 Å². The number of carbonyl (C=O) groups is 1. The van der Waals surface area contributed by atoms with Crippen LogP contribution >= 0.6 is 0 Å². The molecule has 0 aliphatic heterocycles. The first-order valence-corrected chi connectivity index (χ1v) is 9.22. The van der Waals surface area contributed by atoms with Crippen LogP contribution in [0, 0.1) is 0 Å². The van der Waals surface area contributed by atoms with Crippen LogP contribution in [0.1, 0.15) is 30.9 Å². The zero-order valence-electron chi connectivity index (χ0n) is 15.4. The molecule has 0 radical (unpaired) electrons. The number of nitrogens with two attached hydrogens (primary N) is 1. The largest absolute Gasteiger partial charge is 0.399 e. The molecule has 2 aromatic carbocycles. The van der Waals surface area contributed by atoms with E-state index >= 15 is 0 Å². The van der Waals surface area contributed by atoms with E-state index in [2.05, 4.69) is 58.6 Å². The second-order valence-electron chi connectivity index (χ2n) is 7.20. The van der Waals surface area contributed by atoms with Crippen molar-refractivity contribution in [2.24, 2.45) is 5.73 Å². The molecule has 1 saturated carbocycles. The molecule has 0 atom stereocenters. The number of hydrogen-bond acceptors (Lipinski definition) is 3. The molecule has 0 saturated heterocycles. The number of amides is 1. The molecule has 0 spiro atoms. The van der Waals surface area contributed by atoms with Crippen molar-refractivity contribution < 1.29 is 4.79 Å². The molecule has 5 nitrogen and oxygen atoms in total. The van der Waals surface area contributed by atoms with Crippen LogP contribution in [0.3, 0.4) is 0 Å². The standard InChI is InChI=1S/C22H24N4O/c1-13(23)21-19-9-6-17(11-20(19)26-22(21)25-14(2)27)16-5-3-4-15(10-16)12-24-18-7-8-18/h3-6,9-11,18,24,26H,1,7-8,12,23H2,2H3,(H,25,27). The predicted octanol–water partition coefficient (Wildman–Crippen LogP) is 3.97. The van der Waals surface area contributed by atoms with E-state index in [1.807, 2.05) is 6.07 Å². The summed E-state index contributed by atoms with van der Waals surface area (Å²) in [5, 5.41) is 7.30. The van der Waals surface area contributed by atoms with Gasteiger partial charge in [0.1, 0.15) is 5.82 Å². The van der Waals surface area contributed by atoms with Crippen LogP contribution < -0.4 is 16.4 Å². The minimum Gasteiger partial charge on any atom is -0.399 e. The van der Waals surface area contributed by atoms with Gasteiger partial charge in [0.25, 0.3) is 0 Å². The van der Waals surface area contributed by atoms with E-state index in [9.17, 15) is 4.79 Å². The Kier molecular flexibility index (Phi) is 4.46. The summed E-state index contributed by atoms with van der Waals surface area (Å²) in [6.07, 6.45) is 2.57. The van der Waals surface area contributed by atoms with Gasteiger partial charge in [-0.1, -0.05) is 36.9 Å². The number of nitrogens with one attached hydrogen (secondary N) is 3. The lowest BCUT2D eigenvalue weighted by atomic mass is 10.0. The maximum atomic E-state index is 11.5. The Bertz CT molecular complexity index is 1030. The molecule has 27 heavy (non-hydrogen) atoms. The van der Waals surface area contributed by atoms with Crippen molar-refractivity contribution in [2.45, 2.75) is 32.4 Å². The van der Waals surface area contributed by atoms with Crippen molar-refractivity contribution in [3.05, 3.63) is 60.2 Å². The minimum absolute atomic E-state index is 0.153. The third-order valence-corrected chi connectivity index (χ3v) is 4.85. The van der Waals surface area contributed by atoms with E-state index in [0.717, 1.165) is 34.1 Å². The number of anilines is 1. The van der Waals surface area contributed by atoms with E-state index in [1.165, 1.54) is 25.3 Å². The molecule has 1 aliphatic rings. The smallest absolute Gasteiger partial charge is 0.222 e. The summed E-state index contributed by atoms with van der Waals surface area (Å²) < 4.78 is 0. The number of H-pyrrole nitrogens is 1. The molecule has 5 N–H and O–H groups in total. The lowest BCUT2D eigenvalue weighted by Crippen LogP contribution is -2.15. The van der Waals surface area contributed by atoms with Gasteiger partial charge in [0, 0.05) is 41.7 Å². The monoisotopic (exact) mass is 360 g/mol. The Morgan fingerprint density at radius 3 is 2.70 bits per heavy atom. The Hall–Kier alpha value is -3.05. The molecule has 1 aliphatic carbocycles. The van der Waals surface area contributed by atoms with Crippen LogP contribution in [-0.2, 0) is 11.3 Å². The Morgan fingerprint density at radius 2 is 2.00 bits per heavy atom. The van der Waals surface area contributed by atoms with E-state index in [-0.39, 0.29) is 5.91 Å². The van der Waals surface area contributed by atoms with Crippen molar-refractivity contribution in [3.8, 4) is 11.1 Å². The lowest BCUT2D eigenvalue weighted by molar-refractivity contribution is -0.114. The summed E-state index contributed by atoms with van der Waals surface area (Å²) in [5.74, 6) is 0.435. The highest BCUT2D eigenvalue weighted by Gasteiger charge is 2.20. The number of carbonyl (C=O) groups excluding carboxylic acids is 1. The maximum absolute atomic E-state index is 11.5. The fraction of sp³-hybridized carbons (Fsp3) is 0.227. The van der Waals surface area contributed by atoms with Gasteiger partial charge in [-0.3, -0.25) is 4.79 Å². The van der Waals surface area contributed by atoms with E-state index in [4.69, 9.17) is 5.73 Å². The minimum atomic E-state index is -0.153. The van der Waals surface area contributed by atoms with Gasteiger partial charge in [0.05, 0.1) is 0 Å². The highest BCUT2D eigenvalue weighted by molar-refractivity contribution is 6.03. The molecule has 1 aromatic heterocycles. The molecule has 1 amide bonds. The summed E-state index contributed by atoms with van der Waals surface area (Å²) in [6, 6.07) is 15.5. The van der Waals surface area contributed by atoms with Gasteiger partial charge < -0.3 is 21.4 Å². The van der Waals surface area contributed by atoms with Gasteiger partial charge >= 0.3 is 0 Å².